The first kappa shape index (κ1) is 30.5. The molecule has 0 amide bonds. The second kappa shape index (κ2) is 12.1. The summed E-state index contributed by atoms with van der Waals surface area (Å²) in [5, 5.41) is 3.76. The lowest BCUT2D eigenvalue weighted by Gasteiger charge is -2.38. The van der Waals surface area contributed by atoms with Gasteiger partial charge in [0, 0.05) is 27.4 Å². The van der Waals surface area contributed by atoms with Crippen molar-refractivity contribution in [1.29, 1.82) is 0 Å². The molecule has 1 aliphatic rings. The molecule has 5 aromatic carbocycles. The quantitative estimate of drug-likeness (QED) is 0.187. The highest BCUT2D eigenvalue weighted by Crippen LogP contribution is 2.52. The molecule has 1 aliphatic heterocycles. The zero-order valence-electron chi connectivity index (χ0n) is 26.3. The standard InChI is InChI=1S/C39H40NO2PS/c1-27-17-13-14-22-30(27)35(40-44(41)38(2,3)4)31-23-15-24-32-36(31)42-37-33(39(32,5)6)25-16-26-34(37)43(28-18-9-7-10-19-28)29-20-11-8-12-21-29/h7-26,35,40H,1-6H3. The molecule has 0 aromatic heterocycles. The van der Waals surface area contributed by atoms with E-state index in [-0.39, 0.29) is 11.5 Å². The molecular formula is C39H40NO2PS. The zero-order valence-corrected chi connectivity index (χ0v) is 28.0. The van der Waals surface area contributed by atoms with Crippen LogP contribution in [-0.2, 0) is 16.4 Å². The van der Waals surface area contributed by atoms with Crippen LogP contribution in [0.4, 0.5) is 0 Å². The van der Waals surface area contributed by atoms with Crippen molar-refractivity contribution in [3.63, 3.8) is 0 Å². The molecule has 1 heterocycles. The minimum Gasteiger partial charge on any atom is -0.456 e. The molecule has 0 aliphatic carbocycles. The van der Waals surface area contributed by atoms with Gasteiger partial charge in [0.2, 0.25) is 0 Å². The van der Waals surface area contributed by atoms with Crippen molar-refractivity contribution in [3.8, 4) is 11.5 Å². The lowest BCUT2D eigenvalue weighted by molar-refractivity contribution is 0.413. The van der Waals surface area contributed by atoms with Crippen LogP contribution in [0.1, 0.15) is 68.5 Å². The Hall–Kier alpha value is -3.56. The largest absolute Gasteiger partial charge is 0.456 e. The third kappa shape index (κ3) is 5.68. The van der Waals surface area contributed by atoms with Crippen LogP contribution in [0.15, 0.2) is 121 Å². The predicted octanol–water partition coefficient (Wildman–Crippen LogP) is 8.33. The fraction of sp³-hybridized carbons (Fsp3) is 0.231. The second-order valence-corrected chi connectivity index (χ2v) is 17.1. The normalized spacial score (nSPS) is 15.2. The topological polar surface area (TPSA) is 38.3 Å². The molecule has 0 saturated heterocycles. The van der Waals surface area contributed by atoms with Crippen molar-refractivity contribution >= 4 is 34.8 Å². The summed E-state index contributed by atoms with van der Waals surface area (Å²) in [7, 11) is -2.19. The van der Waals surface area contributed by atoms with Gasteiger partial charge in [-0.1, -0.05) is 135 Å². The first-order chi connectivity index (χ1) is 21.1. The number of hydrogen-bond donors (Lipinski definition) is 1. The fourth-order valence-corrected chi connectivity index (χ4v) is 9.23. The molecule has 2 atom stereocenters. The SMILES string of the molecule is Cc1ccccc1C(NS(=O)C(C)(C)C)c1cccc2c1Oc1c(P(c3ccccc3)c3ccccc3)cccc1C2(C)C. The number of para-hydroxylation sites is 2. The van der Waals surface area contributed by atoms with Gasteiger partial charge < -0.3 is 4.74 Å². The molecule has 0 radical (unpaired) electrons. The van der Waals surface area contributed by atoms with Gasteiger partial charge in [0.15, 0.2) is 0 Å². The van der Waals surface area contributed by atoms with E-state index in [2.05, 4.69) is 147 Å². The summed E-state index contributed by atoms with van der Waals surface area (Å²) in [6.45, 7) is 12.7. The Bertz CT molecular complexity index is 1770. The number of hydrogen-bond acceptors (Lipinski definition) is 2. The summed E-state index contributed by atoms with van der Waals surface area (Å²) in [6.07, 6.45) is 0. The highest BCUT2D eigenvalue weighted by atomic mass is 32.2. The van der Waals surface area contributed by atoms with Crippen LogP contribution in [0.25, 0.3) is 0 Å². The smallest absolute Gasteiger partial charge is 0.139 e. The summed E-state index contributed by atoms with van der Waals surface area (Å²) in [6, 6.07) is 42.6. The molecule has 0 bridgehead atoms. The van der Waals surface area contributed by atoms with E-state index in [0.717, 1.165) is 33.8 Å². The van der Waals surface area contributed by atoms with Gasteiger partial charge in [-0.25, -0.2) is 8.93 Å². The van der Waals surface area contributed by atoms with Crippen molar-refractivity contribution in [2.75, 3.05) is 0 Å². The van der Waals surface area contributed by atoms with E-state index in [1.807, 2.05) is 20.8 Å². The van der Waals surface area contributed by atoms with Crippen molar-refractivity contribution in [2.45, 2.75) is 57.7 Å². The van der Waals surface area contributed by atoms with Gasteiger partial charge >= 0.3 is 0 Å². The van der Waals surface area contributed by atoms with Crippen molar-refractivity contribution in [2.24, 2.45) is 0 Å². The van der Waals surface area contributed by atoms with E-state index in [4.69, 9.17) is 4.74 Å². The molecule has 6 rings (SSSR count). The molecule has 0 spiro atoms. The summed E-state index contributed by atoms with van der Waals surface area (Å²) in [4.78, 5) is 0. The summed E-state index contributed by atoms with van der Waals surface area (Å²) in [5.41, 5.74) is 5.22. The van der Waals surface area contributed by atoms with Crippen molar-refractivity contribution in [1.82, 2.24) is 4.72 Å². The molecule has 0 fully saturated rings. The van der Waals surface area contributed by atoms with Crippen LogP contribution in [0.2, 0.25) is 0 Å². The summed E-state index contributed by atoms with van der Waals surface area (Å²) in [5.74, 6) is 1.77. The Morgan fingerprint density at radius 3 is 1.80 bits per heavy atom. The number of aryl methyl sites for hydroxylation is 1. The minimum atomic E-state index is -1.31. The van der Waals surface area contributed by atoms with Crippen LogP contribution < -0.4 is 25.4 Å². The first-order valence-corrected chi connectivity index (χ1v) is 17.6. The Labute approximate surface area is 266 Å². The Morgan fingerprint density at radius 1 is 0.682 bits per heavy atom. The zero-order chi connectivity index (χ0) is 31.1. The summed E-state index contributed by atoms with van der Waals surface area (Å²) >= 11 is 0. The average molecular weight is 618 g/mol. The van der Waals surface area contributed by atoms with Gasteiger partial charge in [-0.05, 0) is 57.4 Å². The molecule has 2 unspecified atom stereocenters. The monoisotopic (exact) mass is 617 g/mol. The highest BCUT2D eigenvalue weighted by molar-refractivity contribution is 7.84. The van der Waals surface area contributed by atoms with Crippen molar-refractivity contribution < 1.29 is 8.95 Å². The van der Waals surface area contributed by atoms with Crippen LogP contribution in [0.3, 0.4) is 0 Å². The van der Waals surface area contributed by atoms with Gasteiger partial charge in [0.25, 0.3) is 0 Å². The summed E-state index contributed by atoms with van der Waals surface area (Å²) < 4.78 is 23.9. The Balaban J connectivity index is 1.56. The Kier molecular flexibility index (Phi) is 8.37. The maximum Gasteiger partial charge on any atom is 0.139 e. The molecule has 5 aromatic rings. The second-order valence-electron chi connectivity index (χ2n) is 12.9. The maximum absolute atomic E-state index is 13.6. The molecule has 5 heteroatoms. The molecule has 44 heavy (non-hydrogen) atoms. The Morgan fingerprint density at radius 2 is 1.20 bits per heavy atom. The van der Waals surface area contributed by atoms with E-state index in [9.17, 15) is 4.21 Å². The lowest BCUT2D eigenvalue weighted by atomic mass is 9.74. The van der Waals surface area contributed by atoms with E-state index in [1.54, 1.807) is 0 Å². The molecular weight excluding hydrogens is 577 g/mol. The van der Waals surface area contributed by atoms with E-state index in [0.29, 0.717) is 0 Å². The number of nitrogens with one attached hydrogen (secondary N) is 1. The van der Waals surface area contributed by atoms with Crippen LogP contribution in [0, 0.1) is 6.92 Å². The van der Waals surface area contributed by atoms with E-state index >= 15 is 0 Å². The van der Waals surface area contributed by atoms with Crippen molar-refractivity contribution in [3.05, 3.63) is 149 Å². The van der Waals surface area contributed by atoms with E-state index < -0.39 is 23.7 Å². The minimum absolute atomic E-state index is 0.317. The van der Waals surface area contributed by atoms with Gasteiger partial charge in [-0.2, -0.15) is 0 Å². The highest BCUT2D eigenvalue weighted by Gasteiger charge is 2.39. The molecule has 0 saturated carbocycles. The van der Waals surface area contributed by atoms with Gasteiger partial charge in [0.1, 0.15) is 11.5 Å². The number of benzene rings is 5. The lowest BCUT2D eigenvalue weighted by Crippen LogP contribution is -2.37. The average Bonchev–Trinajstić information content (AvgIpc) is 3.01. The van der Waals surface area contributed by atoms with Crippen LogP contribution >= 0.6 is 7.92 Å². The van der Waals surface area contributed by atoms with Crippen LogP contribution in [-0.4, -0.2) is 8.96 Å². The number of fused-ring (bicyclic) bond motifs is 2. The number of ether oxygens (including phenoxy) is 1. The maximum atomic E-state index is 13.6. The third-order valence-corrected chi connectivity index (χ3v) is 12.5. The molecule has 3 nitrogen and oxygen atoms in total. The first-order valence-electron chi connectivity index (χ1n) is 15.2. The van der Waals surface area contributed by atoms with Gasteiger partial charge in [-0.3, -0.25) is 0 Å². The fourth-order valence-electron chi connectivity index (χ4n) is 6.01. The molecule has 224 valence electrons. The van der Waals surface area contributed by atoms with Gasteiger partial charge in [-0.15, -0.1) is 0 Å². The molecule has 1 N–H and O–H groups in total. The van der Waals surface area contributed by atoms with E-state index in [1.165, 1.54) is 21.5 Å². The third-order valence-electron chi connectivity index (χ3n) is 8.45. The predicted molar refractivity (Wildman–Crippen MR) is 188 cm³/mol. The van der Waals surface area contributed by atoms with Crippen LogP contribution in [0.5, 0.6) is 11.5 Å². The van der Waals surface area contributed by atoms with Gasteiger partial charge in [0.05, 0.1) is 21.8 Å². The number of rotatable bonds is 7.